The topological polar surface area (TPSA) is 237 Å². The molecule has 0 spiro atoms. The molecule has 0 aromatic rings. The van der Waals surface area contributed by atoms with Crippen molar-refractivity contribution in [3.63, 3.8) is 0 Å². The highest BCUT2D eigenvalue weighted by Crippen LogP contribution is 2.45. The van der Waals surface area contributed by atoms with Gasteiger partial charge in [0, 0.05) is 25.7 Å². The summed E-state index contributed by atoms with van der Waals surface area (Å²) in [5.41, 5.74) is 0. The van der Waals surface area contributed by atoms with Crippen LogP contribution in [0, 0.1) is 11.8 Å². The molecule has 3 N–H and O–H groups in total. The van der Waals surface area contributed by atoms with E-state index in [0.29, 0.717) is 25.7 Å². The quantitative estimate of drug-likeness (QED) is 0.0222. The van der Waals surface area contributed by atoms with Gasteiger partial charge in [-0.2, -0.15) is 0 Å². The first-order valence-electron chi connectivity index (χ1n) is 45.6. The summed E-state index contributed by atoms with van der Waals surface area (Å²) in [5.74, 6) is -0.356. The zero-order valence-corrected chi connectivity index (χ0v) is 72.2. The molecule has 0 aliphatic heterocycles. The molecule has 0 bridgehead atoms. The lowest BCUT2D eigenvalue weighted by Crippen LogP contribution is -2.30. The molecule has 7 atom stereocenters. The van der Waals surface area contributed by atoms with Crippen molar-refractivity contribution >= 4 is 39.5 Å². The molecule has 0 fully saturated rings. The summed E-state index contributed by atoms with van der Waals surface area (Å²) in [6.07, 6.45) is 72.2. The summed E-state index contributed by atoms with van der Waals surface area (Å²) in [7, 11) is -9.93. The molecule has 0 heterocycles. The molecule has 0 aromatic heterocycles. The standard InChI is InChI=1S/C88H172O17P2/c1-7-11-13-15-17-19-20-21-36-42-48-54-60-66-72-87(92)104-83(76-98-85(90)70-64-58-52-44-18-16-14-12-8-2)78-102-106(94,95)100-74-82(89)75-101-107(96,97)103-79-84(105-88(93)73-67-61-55-49-43-38-33-29-25-23-27-31-35-40-46-51-57-63-69-81(6)10-4)77-99-86(91)71-65-59-53-47-41-37-32-28-24-22-26-30-34-39-45-50-56-62-68-80(5)9-3/h80-84,89H,7-79H2,1-6H3,(H,94,95)(H,96,97)/t80?,81?,82-,83+,84+/m0/s1. The van der Waals surface area contributed by atoms with Gasteiger partial charge in [0.25, 0.3) is 0 Å². The van der Waals surface area contributed by atoms with E-state index >= 15 is 0 Å². The van der Waals surface area contributed by atoms with Gasteiger partial charge in [-0.25, -0.2) is 9.13 Å². The van der Waals surface area contributed by atoms with Crippen LogP contribution in [0.3, 0.4) is 0 Å². The minimum Gasteiger partial charge on any atom is -0.462 e. The minimum atomic E-state index is -4.97. The van der Waals surface area contributed by atoms with Crippen molar-refractivity contribution in [2.75, 3.05) is 39.6 Å². The largest absolute Gasteiger partial charge is 0.472 e. The van der Waals surface area contributed by atoms with E-state index in [1.54, 1.807) is 0 Å². The number of phosphoric ester groups is 2. The Hall–Kier alpha value is -1.94. The van der Waals surface area contributed by atoms with E-state index in [4.69, 9.17) is 37.0 Å². The number of aliphatic hydroxyl groups excluding tert-OH is 1. The van der Waals surface area contributed by atoms with Crippen molar-refractivity contribution in [1.82, 2.24) is 0 Å². The Morgan fingerprint density at radius 1 is 0.262 bits per heavy atom. The number of hydrogen-bond acceptors (Lipinski definition) is 15. The van der Waals surface area contributed by atoms with E-state index in [9.17, 15) is 43.2 Å². The summed E-state index contributed by atoms with van der Waals surface area (Å²) in [6, 6.07) is 0. The highest BCUT2D eigenvalue weighted by Gasteiger charge is 2.31. The summed E-state index contributed by atoms with van der Waals surface area (Å²) in [6.45, 7) is 9.80. The highest BCUT2D eigenvalue weighted by molar-refractivity contribution is 7.47. The number of phosphoric acid groups is 2. The predicted molar refractivity (Wildman–Crippen MR) is 442 cm³/mol. The number of aliphatic hydroxyl groups is 1. The first-order chi connectivity index (χ1) is 51.9. The molecule has 17 nitrogen and oxygen atoms in total. The maximum absolute atomic E-state index is 13.2. The van der Waals surface area contributed by atoms with E-state index in [0.717, 1.165) is 102 Å². The molecule has 0 saturated heterocycles. The number of carbonyl (C=O) groups is 4. The van der Waals surface area contributed by atoms with E-state index < -0.39 is 97.5 Å². The lowest BCUT2D eigenvalue weighted by Gasteiger charge is -2.21. The average Bonchev–Trinajstić information content (AvgIpc) is 0.905. The summed E-state index contributed by atoms with van der Waals surface area (Å²) >= 11 is 0. The Kier molecular flexibility index (Phi) is 77.9. The molecule has 4 unspecified atom stereocenters. The van der Waals surface area contributed by atoms with Gasteiger partial charge in [-0.15, -0.1) is 0 Å². The second-order valence-electron chi connectivity index (χ2n) is 32.1. The Morgan fingerprint density at radius 3 is 0.664 bits per heavy atom. The third-order valence-electron chi connectivity index (χ3n) is 21.4. The van der Waals surface area contributed by atoms with Crippen molar-refractivity contribution in [3.8, 4) is 0 Å². The molecule has 0 radical (unpaired) electrons. The van der Waals surface area contributed by atoms with Gasteiger partial charge in [-0.1, -0.05) is 420 Å². The number of unbranched alkanes of at least 4 members (excludes halogenated alkanes) is 55. The molecule has 0 aliphatic rings. The zero-order chi connectivity index (χ0) is 78.5. The number of carbonyl (C=O) groups excluding carboxylic acids is 4. The van der Waals surface area contributed by atoms with Crippen LogP contribution in [0.1, 0.15) is 472 Å². The Bertz CT molecular complexity index is 2050. The second kappa shape index (κ2) is 79.3. The number of esters is 4. The van der Waals surface area contributed by atoms with Gasteiger partial charge in [0.05, 0.1) is 26.4 Å². The van der Waals surface area contributed by atoms with Crippen molar-refractivity contribution in [2.45, 2.75) is 490 Å². The van der Waals surface area contributed by atoms with Crippen molar-refractivity contribution in [2.24, 2.45) is 11.8 Å². The summed E-state index contributed by atoms with van der Waals surface area (Å²) in [4.78, 5) is 73.2. The van der Waals surface area contributed by atoms with Gasteiger partial charge in [0.2, 0.25) is 0 Å². The SMILES string of the molecule is CCCCCCCCCCCCCCCCC(=O)O[C@H](COC(=O)CCCCCCCCCCC)COP(=O)(O)OC[C@H](O)COP(=O)(O)OC[C@@H](COC(=O)CCCCCCCCCCCCCCCCCCCCC(C)CC)OC(=O)CCCCCCCCCCCCCCCCCCCCC(C)CC. The maximum atomic E-state index is 13.2. The number of ether oxygens (including phenoxy) is 4. The second-order valence-corrected chi connectivity index (χ2v) is 35.0. The van der Waals surface area contributed by atoms with Gasteiger partial charge < -0.3 is 33.8 Å². The minimum absolute atomic E-state index is 0.108. The van der Waals surface area contributed by atoms with E-state index in [1.807, 2.05) is 0 Å². The first kappa shape index (κ1) is 105. The third kappa shape index (κ3) is 79.1. The van der Waals surface area contributed by atoms with Gasteiger partial charge in [-0.05, 0) is 37.5 Å². The smallest absolute Gasteiger partial charge is 0.462 e. The van der Waals surface area contributed by atoms with Crippen LogP contribution in [-0.4, -0.2) is 96.7 Å². The number of hydrogen-bond donors (Lipinski definition) is 3. The van der Waals surface area contributed by atoms with Crippen LogP contribution in [0.4, 0.5) is 0 Å². The molecule has 0 aromatic carbocycles. The maximum Gasteiger partial charge on any atom is 0.472 e. The molecule has 0 aliphatic carbocycles. The molecule has 107 heavy (non-hydrogen) atoms. The summed E-state index contributed by atoms with van der Waals surface area (Å²) < 4.78 is 68.9. The summed E-state index contributed by atoms with van der Waals surface area (Å²) in [5, 5.41) is 10.7. The van der Waals surface area contributed by atoms with Crippen molar-refractivity contribution in [1.29, 1.82) is 0 Å². The van der Waals surface area contributed by atoms with E-state index in [-0.39, 0.29) is 25.7 Å². The lowest BCUT2D eigenvalue weighted by atomic mass is 9.99. The first-order valence-corrected chi connectivity index (χ1v) is 48.6. The monoisotopic (exact) mass is 1560 g/mol. The fourth-order valence-electron chi connectivity index (χ4n) is 13.7. The van der Waals surface area contributed by atoms with Crippen molar-refractivity contribution in [3.05, 3.63) is 0 Å². The van der Waals surface area contributed by atoms with Crippen molar-refractivity contribution < 1.29 is 80.2 Å². The molecule has 0 amide bonds. The highest BCUT2D eigenvalue weighted by atomic mass is 31.2. The Balaban J connectivity index is 5.19. The van der Waals surface area contributed by atoms with Crippen LogP contribution >= 0.6 is 15.6 Å². The van der Waals surface area contributed by atoms with E-state index in [1.165, 1.54) is 289 Å². The molecule has 0 rings (SSSR count). The Morgan fingerprint density at radius 2 is 0.449 bits per heavy atom. The van der Waals surface area contributed by atoms with Crippen LogP contribution in [0.25, 0.3) is 0 Å². The number of rotatable bonds is 87. The van der Waals surface area contributed by atoms with E-state index in [2.05, 4.69) is 41.5 Å². The van der Waals surface area contributed by atoms with Gasteiger partial charge >= 0.3 is 39.5 Å². The fourth-order valence-corrected chi connectivity index (χ4v) is 15.3. The zero-order valence-electron chi connectivity index (χ0n) is 70.5. The predicted octanol–water partition coefficient (Wildman–Crippen LogP) is 27.0. The van der Waals surface area contributed by atoms with Crippen LogP contribution in [0.5, 0.6) is 0 Å². The molecule has 0 saturated carbocycles. The third-order valence-corrected chi connectivity index (χ3v) is 23.3. The molecule has 19 heteroatoms. The molecular formula is C88H172O17P2. The van der Waals surface area contributed by atoms with Gasteiger partial charge in [0.15, 0.2) is 12.2 Å². The molecular weight excluding hydrogens is 1390 g/mol. The molecule has 636 valence electrons. The van der Waals surface area contributed by atoms with Crippen LogP contribution in [0.15, 0.2) is 0 Å². The van der Waals surface area contributed by atoms with Crippen LogP contribution in [-0.2, 0) is 65.4 Å². The lowest BCUT2D eigenvalue weighted by molar-refractivity contribution is -0.161. The van der Waals surface area contributed by atoms with Crippen LogP contribution < -0.4 is 0 Å². The fraction of sp³-hybridized carbons (Fsp3) is 0.955. The normalized spacial score (nSPS) is 14.3. The van der Waals surface area contributed by atoms with Crippen LogP contribution in [0.2, 0.25) is 0 Å². The average molecular weight is 1560 g/mol. The Labute approximate surface area is 658 Å². The van der Waals surface area contributed by atoms with Gasteiger partial charge in [0.1, 0.15) is 19.3 Å². The van der Waals surface area contributed by atoms with Gasteiger partial charge in [-0.3, -0.25) is 37.3 Å².